The van der Waals surface area contributed by atoms with Crippen molar-refractivity contribution in [3.8, 4) is 0 Å². The normalized spacial score (nSPS) is 15.2. The molecule has 0 aliphatic heterocycles. The first-order valence-electron chi connectivity index (χ1n) is 4.53. The molecule has 102 valence electrons. The fourth-order valence-electron chi connectivity index (χ4n) is 1.06. The van der Waals surface area contributed by atoms with Gasteiger partial charge in [-0.1, -0.05) is 13.0 Å². The maximum absolute atomic E-state index is 13.1. The summed E-state index contributed by atoms with van der Waals surface area (Å²) in [5.41, 5.74) is -1.30. The Bertz CT molecular complexity index is 280. The van der Waals surface area contributed by atoms with Crippen molar-refractivity contribution < 1.29 is 35.5 Å². The molecule has 0 saturated carbocycles. The second kappa shape index (κ2) is 5.24. The third-order valence-electron chi connectivity index (χ3n) is 2.03. The summed E-state index contributed by atoms with van der Waals surface area (Å²) >= 11 is 0. The number of halogens is 7. The number of ether oxygens (including phenoxy) is 1. The Morgan fingerprint density at radius 2 is 1.53 bits per heavy atom. The minimum atomic E-state index is -6.31. The quantitative estimate of drug-likeness (QED) is 0.544. The van der Waals surface area contributed by atoms with Gasteiger partial charge in [0.25, 0.3) is 0 Å². The lowest BCUT2D eigenvalue weighted by molar-refractivity contribution is -0.344. The number of allylic oxidation sites excluding steroid dienone is 1. The van der Waals surface area contributed by atoms with E-state index in [0.717, 1.165) is 14.0 Å². The van der Waals surface area contributed by atoms with E-state index in [9.17, 15) is 30.7 Å². The first-order chi connectivity index (χ1) is 7.52. The molecule has 0 heterocycles. The lowest BCUT2D eigenvalue weighted by Gasteiger charge is -2.29. The van der Waals surface area contributed by atoms with Gasteiger partial charge in [0.15, 0.2) is 0 Å². The molecule has 0 fully saturated rings. The third-order valence-corrected chi connectivity index (χ3v) is 2.03. The molecular weight excluding hydrogens is 257 g/mol. The monoisotopic (exact) mass is 268 g/mol. The van der Waals surface area contributed by atoms with E-state index in [0.29, 0.717) is 6.08 Å². The third kappa shape index (κ3) is 3.11. The Balaban J connectivity index is 5.36. The topological polar surface area (TPSA) is 9.23 Å². The standard InChI is InChI=1S/C9H11F7O/c1-3-6(4-5-17-2)7(10,11)8(12,13)9(14,15)16/h4H,3,5H2,1-2H3. The lowest BCUT2D eigenvalue weighted by Crippen LogP contribution is -2.52. The Morgan fingerprint density at radius 3 is 1.82 bits per heavy atom. The van der Waals surface area contributed by atoms with Gasteiger partial charge in [0.05, 0.1) is 6.61 Å². The summed E-state index contributed by atoms with van der Waals surface area (Å²) in [6.45, 7) is 0.592. The highest BCUT2D eigenvalue weighted by molar-refractivity contribution is 5.18. The van der Waals surface area contributed by atoms with Crippen LogP contribution < -0.4 is 0 Å². The van der Waals surface area contributed by atoms with Crippen LogP contribution in [0, 0.1) is 0 Å². The van der Waals surface area contributed by atoms with Gasteiger partial charge in [-0.3, -0.25) is 0 Å². The first kappa shape index (κ1) is 16.2. The second-order valence-corrected chi connectivity index (χ2v) is 3.18. The average molecular weight is 268 g/mol. The minimum Gasteiger partial charge on any atom is -0.381 e. The van der Waals surface area contributed by atoms with Crippen LogP contribution in [0.4, 0.5) is 30.7 Å². The number of hydrogen-bond acceptors (Lipinski definition) is 1. The summed E-state index contributed by atoms with van der Waals surface area (Å²) in [6, 6.07) is 0. The zero-order chi connectivity index (χ0) is 13.9. The van der Waals surface area contributed by atoms with Gasteiger partial charge in [-0.15, -0.1) is 0 Å². The molecule has 0 aromatic rings. The molecular formula is C9H11F7O. The van der Waals surface area contributed by atoms with E-state index in [1.54, 1.807) is 0 Å². The van der Waals surface area contributed by atoms with Crippen LogP contribution in [0.15, 0.2) is 11.6 Å². The van der Waals surface area contributed by atoms with Gasteiger partial charge in [-0.05, 0) is 6.42 Å². The van der Waals surface area contributed by atoms with Crippen molar-refractivity contribution in [2.24, 2.45) is 0 Å². The highest BCUT2D eigenvalue weighted by Gasteiger charge is 2.73. The molecule has 0 N–H and O–H groups in total. The second-order valence-electron chi connectivity index (χ2n) is 3.18. The summed E-state index contributed by atoms with van der Waals surface area (Å²) in [5.74, 6) is -11.4. The lowest BCUT2D eigenvalue weighted by atomic mass is 9.99. The van der Waals surface area contributed by atoms with E-state index in [-0.39, 0.29) is 0 Å². The maximum atomic E-state index is 13.1. The number of rotatable bonds is 5. The number of hydrogen-bond donors (Lipinski definition) is 0. The fraction of sp³-hybridized carbons (Fsp3) is 0.778. The molecule has 1 nitrogen and oxygen atoms in total. The van der Waals surface area contributed by atoms with Crippen LogP contribution in [0.2, 0.25) is 0 Å². The van der Waals surface area contributed by atoms with E-state index in [1.807, 2.05) is 0 Å². The molecule has 0 rings (SSSR count). The van der Waals surface area contributed by atoms with E-state index in [1.165, 1.54) is 0 Å². The molecule has 0 radical (unpaired) electrons. The predicted octanol–water partition coefficient (Wildman–Crippen LogP) is 3.80. The molecule has 8 heteroatoms. The Kier molecular flexibility index (Phi) is 5.00. The molecule has 0 unspecified atom stereocenters. The Morgan fingerprint density at radius 1 is 1.06 bits per heavy atom. The zero-order valence-corrected chi connectivity index (χ0v) is 9.05. The summed E-state index contributed by atoms with van der Waals surface area (Å²) in [7, 11) is 1.10. The van der Waals surface area contributed by atoms with Crippen LogP contribution in [0.5, 0.6) is 0 Å². The SMILES string of the molecule is CCC(=CCOC)C(F)(F)C(F)(F)C(F)(F)F. The molecule has 17 heavy (non-hydrogen) atoms. The highest BCUT2D eigenvalue weighted by atomic mass is 19.4. The summed E-state index contributed by atoms with van der Waals surface area (Å²) in [6.07, 6.45) is -6.42. The van der Waals surface area contributed by atoms with Crippen molar-refractivity contribution in [2.45, 2.75) is 31.4 Å². The predicted molar refractivity (Wildman–Crippen MR) is 46.2 cm³/mol. The van der Waals surface area contributed by atoms with Crippen molar-refractivity contribution in [1.29, 1.82) is 0 Å². The molecule has 0 aliphatic rings. The molecule has 0 aromatic carbocycles. The molecule has 0 aromatic heterocycles. The molecule has 0 saturated heterocycles. The van der Waals surface area contributed by atoms with Gasteiger partial charge in [0, 0.05) is 12.7 Å². The van der Waals surface area contributed by atoms with Crippen molar-refractivity contribution in [1.82, 2.24) is 0 Å². The summed E-state index contributed by atoms with van der Waals surface area (Å²) in [5, 5.41) is 0. The van der Waals surface area contributed by atoms with Gasteiger partial charge in [-0.2, -0.15) is 30.7 Å². The van der Waals surface area contributed by atoms with Crippen molar-refractivity contribution in [3.63, 3.8) is 0 Å². The first-order valence-corrected chi connectivity index (χ1v) is 4.53. The van der Waals surface area contributed by atoms with E-state index in [4.69, 9.17) is 0 Å². The molecule has 0 spiro atoms. The van der Waals surface area contributed by atoms with Gasteiger partial charge in [0.2, 0.25) is 0 Å². The maximum Gasteiger partial charge on any atom is 0.460 e. The van der Waals surface area contributed by atoms with E-state index in [2.05, 4.69) is 4.74 Å². The highest BCUT2D eigenvalue weighted by Crippen LogP contribution is 2.50. The van der Waals surface area contributed by atoms with Crippen LogP contribution >= 0.6 is 0 Å². The van der Waals surface area contributed by atoms with Crippen molar-refractivity contribution in [3.05, 3.63) is 11.6 Å². The van der Waals surface area contributed by atoms with Crippen LogP contribution in [-0.2, 0) is 4.74 Å². The van der Waals surface area contributed by atoms with Crippen LogP contribution in [-0.4, -0.2) is 31.7 Å². The Hall–Kier alpha value is -0.790. The molecule has 0 bridgehead atoms. The van der Waals surface area contributed by atoms with E-state index < -0.39 is 36.6 Å². The van der Waals surface area contributed by atoms with E-state index >= 15 is 0 Å². The summed E-state index contributed by atoms with van der Waals surface area (Å²) < 4.78 is 91.3. The fourth-order valence-corrected chi connectivity index (χ4v) is 1.06. The van der Waals surface area contributed by atoms with Gasteiger partial charge in [-0.25, -0.2) is 0 Å². The molecule has 0 amide bonds. The Labute approximate surface area is 93.2 Å². The smallest absolute Gasteiger partial charge is 0.381 e. The van der Waals surface area contributed by atoms with Crippen molar-refractivity contribution >= 4 is 0 Å². The van der Waals surface area contributed by atoms with Crippen LogP contribution in [0.1, 0.15) is 13.3 Å². The molecule has 0 aliphatic carbocycles. The van der Waals surface area contributed by atoms with Gasteiger partial charge < -0.3 is 4.74 Å². The zero-order valence-electron chi connectivity index (χ0n) is 9.05. The largest absolute Gasteiger partial charge is 0.460 e. The average Bonchev–Trinajstić information content (AvgIpc) is 2.16. The van der Waals surface area contributed by atoms with Gasteiger partial charge in [0.1, 0.15) is 0 Å². The number of alkyl halides is 7. The number of methoxy groups -OCH3 is 1. The van der Waals surface area contributed by atoms with Crippen LogP contribution in [0.25, 0.3) is 0 Å². The van der Waals surface area contributed by atoms with Gasteiger partial charge >= 0.3 is 18.0 Å². The van der Waals surface area contributed by atoms with Crippen LogP contribution in [0.3, 0.4) is 0 Å². The molecule has 0 atom stereocenters. The summed E-state index contributed by atoms with van der Waals surface area (Å²) in [4.78, 5) is 0. The minimum absolute atomic E-state index is 0.466. The van der Waals surface area contributed by atoms with Crippen molar-refractivity contribution in [2.75, 3.05) is 13.7 Å².